The first-order valence-corrected chi connectivity index (χ1v) is 12.8. The van der Waals surface area contributed by atoms with Gasteiger partial charge in [0.15, 0.2) is 0 Å². The van der Waals surface area contributed by atoms with E-state index in [1.807, 2.05) is 0 Å². The smallest absolute Gasteiger partial charge is 0.00970 e. The molecule has 0 bridgehead atoms. The number of fused-ring (bicyclic) bond motifs is 1. The predicted octanol–water partition coefficient (Wildman–Crippen LogP) is 9.86. The quantitative estimate of drug-likeness (QED) is 0.270. The minimum atomic E-state index is 0. The fourth-order valence-electron chi connectivity index (χ4n) is 3.91. The first-order valence-electron chi connectivity index (χ1n) is 12.8. The Balaban J connectivity index is 0.000000675. The van der Waals surface area contributed by atoms with E-state index in [2.05, 4.69) is 69.3 Å². The topological polar surface area (TPSA) is 26.0 Å². The molecule has 2 heteroatoms. The fraction of sp³-hybridized carbons (Fsp3) is 0.655. The van der Waals surface area contributed by atoms with E-state index in [1.54, 1.807) is 0 Å². The van der Waals surface area contributed by atoms with Crippen LogP contribution in [0.25, 0.3) is 10.8 Å². The molecule has 0 saturated heterocycles. The highest BCUT2D eigenvalue weighted by Crippen LogP contribution is 2.15. The van der Waals surface area contributed by atoms with Gasteiger partial charge >= 0.3 is 0 Å². The van der Waals surface area contributed by atoms with E-state index in [9.17, 15) is 0 Å². The lowest BCUT2D eigenvalue weighted by Crippen LogP contribution is -2.31. The zero-order chi connectivity index (χ0) is 21.9. The van der Waals surface area contributed by atoms with Crippen LogP contribution in [0.3, 0.4) is 0 Å². The van der Waals surface area contributed by atoms with Gasteiger partial charge in [-0.2, -0.15) is 0 Å². The molecule has 0 radical (unpaired) electrons. The Bertz CT molecular complexity index is 566. The normalized spacial score (nSPS) is 11.0. The van der Waals surface area contributed by atoms with Crippen molar-refractivity contribution in [2.75, 3.05) is 0 Å². The van der Waals surface area contributed by atoms with Gasteiger partial charge in [-0.15, -0.1) is 12.4 Å². The van der Waals surface area contributed by atoms with Crippen molar-refractivity contribution in [1.29, 1.82) is 0 Å². The Morgan fingerprint density at radius 2 is 0.839 bits per heavy atom. The molecular weight excluding hydrogens is 398 g/mol. The molecule has 0 aromatic heterocycles. The Morgan fingerprint density at radius 3 is 1.13 bits per heavy atom. The summed E-state index contributed by atoms with van der Waals surface area (Å²) in [6.07, 6.45) is 21.2. The molecule has 0 aliphatic heterocycles. The first kappa shape index (κ1) is 29.9. The van der Waals surface area contributed by atoms with Crippen LogP contribution in [0.1, 0.15) is 117 Å². The van der Waals surface area contributed by atoms with E-state index in [0.717, 1.165) is 0 Å². The van der Waals surface area contributed by atoms with Crippen molar-refractivity contribution in [3.8, 4) is 0 Å². The van der Waals surface area contributed by atoms with E-state index in [1.165, 1.54) is 107 Å². The summed E-state index contributed by atoms with van der Waals surface area (Å²) in [7, 11) is 0. The standard InChI is InChI=1S/C19H41N.C10H8.ClH/c1-4-5-6-7-8-9-10-11-12-13-14-15-16-17-18-19(2,3)20;1-2-6-10-8-4-3-7-9(10)5-1;/h4-18,20H2,1-3H3;1-8H;1H. The second-order valence-electron chi connectivity index (χ2n) is 9.68. The number of hydrogen-bond acceptors (Lipinski definition) is 1. The van der Waals surface area contributed by atoms with Gasteiger partial charge in [0.05, 0.1) is 0 Å². The highest BCUT2D eigenvalue weighted by Gasteiger charge is 2.08. The van der Waals surface area contributed by atoms with Gasteiger partial charge in [-0.25, -0.2) is 0 Å². The van der Waals surface area contributed by atoms with E-state index in [0.29, 0.717) is 0 Å². The summed E-state index contributed by atoms with van der Waals surface area (Å²) >= 11 is 0. The molecule has 1 nitrogen and oxygen atoms in total. The van der Waals surface area contributed by atoms with Crippen LogP contribution in [0.15, 0.2) is 48.5 Å². The maximum absolute atomic E-state index is 5.98. The number of unbranched alkanes of at least 4 members (excludes halogenated alkanes) is 13. The highest BCUT2D eigenvalue weighted by atomic mass is 35.5. The average Bonchev–Trinajstić information content (AvgIpc) is 2.74. The van der Waals surface area contributed by atoms with Gasteiger partial charge in [0.1, 0.15) is 0 Å². The number of hydrogen-bond donors (Lipinski definition) is 1. The molecule has 0 amide bonds. The molecule has 2 aromatic carbocycles. The van der Waals surface area contributed by atoms with Crippen molar-refractivity contribution in [3.05, 3.63) is 48.5 Å². The number of benzene rings is 2. The summed E-state index contributed by atoms with van der Waals surface area (Å²) in [5.74, 6) is 0. The molecule has 31 heavy (non-hydrogen) atoms. The third-order valence-corrected chi connectivity index (χ3v) is 5.83. The number of nitrogens with two attached hydrogens (primary N) is 1. The molecular formula is C29H50ClN. The molecule has 0 heterocycles. The minimum absolute atomic E-state index is 0. The summed E-state index contributed by atoms with van der Waals surface area (Å²) in [6, 6.07) is 16.7. The summed E-state index contributed by atoms with van der Waals surface area (Å²) in [4.78, 5) is 0. The zero-order valence-electron chi connectivity index (χ0n) is 20.7. The minimum Gasteiger partial charge on any atom is -0.326 e. The molecule has 2 N–H and O–H groups in total. The second kappa shape index (κ2) is 19.6. The lowest BCUT2D eigenvalue weighted by molar-refractivity contribution is 0.440. The molecule has 2 aromatic rings. The summed E-state index contributed by atoms with van der Waals surface area (Å²) in [6.45, 7) is 6.56. The Labute approximate surface area is 200 Å². The molecule has 2 rings (SSSR count). The van der Waals surface area contributed by atoms with Crippen molar-refractivity contribution < 1.29 is 0 Å². The van der Waals surface area contributed by atoms with E-state index in [4.69, 9.17) is 5.73 Å². The Hall–Kier alpha value is -1.05. The van der Waals surface area contributed by atoms with Crippen LogP contribution in [0.2, 0.25) is 0 Å². The van der Waals surface area contributed by atoms with Crippen molar-refractivity contribution in [2.45, 2.75) is 123 Å². The second-order valence-corrected chi connectivity index (χ2v) is 9.68. The van der Waals surface area contributed by atoms with Gasteiger partial charge in [-0.05, 0) is 31.0 Å². The molecule has 178 valence electrons. The summed E-state index contributed by atoms with van der Waals surface area (Å²) < 4.78 is 0. The maximum Gasteiger partial charge on any atom is 0.00970 e. The maximum atomic E-state index is 5.98. The first-order chi connectivity index (χ1) is 14.5. The van der Waals surface area contributed by atoms with Crippen molar-refractivity contribution in [1.82, 2.24) is 0 Å². The Kier molecular flexibility index (Phi) is 19.0. The van der Waals surface area contributed by atoms with Crippen LogP contribution in [-0.4, -0.2) is 5.54 Å². The predicted molar refractivity (Wildman–Crippen MR) is 144 cm³/mol. The van der Waals surface area contributed by atoms with Gasteiger partial charge in [0.2, 0.25) is 0 Å². The summed E-state index contributed by atoms with van der Waals surface area (Å²) in [5, 5.41) is 2.62. The van der Waals surface area contributed by atoms with Gasteiger partial charge in [0.25, 0.3) is 0 Å². The third kappa shape index (κ3) is 18.2. The largest absolute Gasteiger partial charge is 0.326 e. The van der Waals surface area contributed by atoms with Crippen LogP contribution in [-0.2, 0) is 0 Å². The van der Waals surface area contributed by atoms with Crippen molar-refractivity contribution in [3.63, 3.8) is 0 Å². The van der Waals surface area contributed by atoms with E-state index >= 15 is 0 Å². The number of halogens is 1. The van der Waals surface area contributed by atoms with E-state index in [-0.39, 0.29) is 17.9 Å². The molecule has 0 fully saturated rings. The Morgan fingerprint density at radius 1 is 0.548 bits per heavy atom. The SMILES string of the molecule is CCCCCCCCCCCCCCCCC(C)(C)N.Cl.c1ccc2ccccc2c1. The van der Waals surface area contributed by atoms with Crippen LogP contribution in [0, 0.1) is 0 Å². The van der Waals surface area contributed by atoms with Crippen LogP contribution in [0.5, 0.6) is 0 Å². The molecule has 0 aliphatic rings. The number of rotatable bonds is 15. The van der Waals surface area contributed by atoms with Crippen molar-refractivity contribution >= 4 is 23.2 Å². The highest BCUT2D eigenvalue weighted by molar-refractivity contribution is 5.85. The van der Waals surface area contributed by atoms with E-state index < -0.39 is 0 Å². The molecule has 0 spiro atoms. The third-order valence-electron chi connectivity index (χ3n) is 5.83. The van der Waals surface area contributed by atoms with Gasteiger partial charge in [0, 0.05) is 5.54 Å². The average molecular weight is 448 g/mol. The van der Waals surface area contributed by atoms with Gasteiger partial charge in [-0.3, -0.25) is 0 Å². The lowest BCUT2D eigenvalue weighted by Gasteiger charge is -2.17. The van der Waals surface area contributed by atoms with Gasteiger partial charge in [-0.1, -0.05) is 145 Å². The fourth-order valence-corrected chi connectivity index (χ4v) is 3.91. The molecule has 0 atom stereocenters. The molecule has 0 unspecified atom stereocenters. The zero-order valence-corrected chi connectivity index (χ0v) is 21.5. The van der Waals surface area contributed by atoms with Crippen LogP contribution in [0.4, 0.5) is 0 Å². The van der Waals surface area contributed by atoms with Crippen molar-refractivity contribution in [2.24, 2.45) is 5.73 Å². The van der Waals surface area contributed by atoms with Crippen LogP contribution < -0.4 is 5.73 Å². The molecule has 0 saturated carbocycles. The van der Waals surface area contributed by atoms with Gasteiger partial charge < -0.3 is 5.73 Å². The summed E-state index contributed by atoms with van der Waals surface area (Å²) in [5.41, 5.74) is 6.02. The monoisotopic (exact) mass is 447 g/mol. The lowest BCUT2D eigenvalue weighted by atomic mass is 9.97. The van der Waals surface area contributed by atoms with Crippen LogP contribution >= 0.6 is 12.4 Å². The molecule has 0 aliphatic carbocycles.